The molecule has 0 saturated heterocycles. The highest BCUT2D eigenvalue weighted by Crippen LogP contribution is 2.42. The van der Waals surface area contributed by atoms with Gasteiger partial charge < -0.3 is 25.4 Å². The summed E-state index contributed by atoms with van der Waals surface area (Å²) in [7, 11) is 3.72. The first-order valence-corrected chi connectivity index (χ1v) is 9.53. The van der Waals surface area contributed by atoms with Gasteiger partial charge in [-0.2, -0.15) is 10.2 Å². The number of nitrogens with one attached hydrogen (secondary N) is 2. The van der Waals surface area contributed by atoms with Gasteiger partial charge in [-0.15, -0.1) is 0 Å². The molecule has 11 heteroatoms. The number of anilines is 4. The van der Waals surface area contributed by atoms with Crippen molar-refractivity contribution in [2.75, 3.05) is 37.9 Å². The Morgan fingerprint density at radius 3 is 2.62 bits per heavy atom. The first kappa shape index (κ1) is 22.3. The van der Waals surface area contributed by atoms with Crippen LogP contribution in [0.4, 0.5) is 28.8 Å². The molecule has 1 heterocycles. The summed E-state index contributed by atoms with van der Waals surface area (Å²) in [6.45, 7) is 0.821. The molecule has 0 amide bonds. The van der Waals surface area contributed by atoms with Crippen LogP contribution in [0, 0.1) is 21.4 Å². The van der Waals surface area contributed by atoms with Gasteiger partial charge in [0.05, 0.1) is 11.1 Å². The maximum absolute atomic E-state index is 11.6. The van der Waals surface area contributed by atoms with Crippen LogP contribution < -0.4 is 15.4 Å². The van der Waals surface area contributed by atoms with Crippen molar-refractivity contribution in [2.24, 2.45) is 0 Å². The van der Waals surface area contributed by atoms with Crippen LogP contribution >= 0.6 is 0 Å². The van der Waals surface area contributed by atoms with E-state index in [1.807, 2.05) is 43.3 Å². The Morgan fingerprint density at radius 2 is 1.97 bits per heavy atom. The number of ether oxygens (including phenoxy) is 1. The molecule has 3 rings (SSSR count). The zero-order valence-corrected chi connectivity index (χ0v) is 17.4. The second-order valence-electron chi connectivity index (χ2n) is 6.90. The normalized spacial score (nSPS) is 10.4. The van der Waals surface area contributed by atoms with E-state index in [9.17, 15) is 20.5 Å². The second-order valence-corrected chi connectivity index (χ2v) is 6.90. The standard InChI is InChI=1S/C21H21N7O4/c1-27(2)10-11-32-17-9-8-16(18(19(17)29)28(30)31)25-21-23-13-14(12-22)20(26-21)24-15-6-4-3-5-7-15/h3-9,13,29H,10-11H2,1-2H3,(H2,23,24,25,26). The van der Waals surface area contributed by atoms with Gasteiger partial charge in [0.15, 0.2) is 11.6 Å². The lowest BCUT2D eigenvalue weighted by Crippen LogP contribution is -2.19. The number of nitrogens with zero attached hydrogens (tertiary/aromatic N) is 5. The number of nitriles is 1. The monoisotopic (exact) mass is 435 g/mol. The number of aromatic hydroxyl groups is 1. The lowest BCUT2D eigenvalue weighted by atomic mass is 10.2. The lowest BCUT2D eigenvalue weighted by Gasteiger charge is -2.14. The number of rotatable bonds is 9. The van der Waals surface area contributed by atoms with Crippen molar-refractivity contribution in [1.82, 2.24) is 14.9 Å². The largest absolute Gasteiger partial charge is 0.499 e. The molecule has 32 heavy (non-hydrogen) atoms. The van der Waals surface area contributed by atoms with Crippen LogP contribution in [0.2, 0.25) is 0 Å². The van der Waals surface area contributed by atoms with Gasteiger partial charge in [0.2, 0.25) is 11.7 Å². The van der Waals surface area contributed by atoms with Crippen LogP contribution in [0.25, 0.3) is 0 Å². The van der Waals surface area contributed by atoms with E-state index in [1.54, 1.807) is 12.1 Å². The van der Waals surface area contributed by atoms with E-state index < -0.39 is 16.4 Å². The molecule has 0 radical (unpaired) electrons. The minimum atomic E-state index is -0.719. The summed E-state index contributed by atoms with van der Waals surface area (Å²) in [6.07, 6.45) is 1.30. The summed E-state index contributed by atoms with van der Waals surface area (Å²) in [5.41, 5.74) is 0.304. The third-order valence-electron chi connectivity index (χ3n) is 4.29. The third kappa shape index (κ3) is 5.38. The Morgan fingerprint density at radius 1 is 1.22 bits per heavy atom. The topological polar surface area (TPSA) is 149 Å². The molecule has 3 N–H and O–H groups in total. The van der Waals surface area contributed by atoms with Crippen molar-refractivity contribution in [2.45, 2.75) is 0 Å². The minimum absolute atomic E-state index is 0.00344. The first-order valence-electron chi connectivity index (χ1n) is 9.53. The van der Waals surface area contributed by atoms with E-state index in [1.165, 1.54) is 18.3 Å². The number of phenols is 1. The fourth-order valence-electron chi connectivity index (χ4n) is 2.70. The summed E-state index contributed by atoms with van der Waals surface area (Å²) in [5.74, 6) is -0.371. The average molecular weight is 435 g/mol. The molecule has 1 aromatic heterocycles. The van der Waals surface area contributed by atoms with Crippen LogP contribution in [0.5, 0.6) is 11.5 Å². The molecule has 11 nitrogen and oxygen atoms in total. The van der Waals surface area contributed by atoms with Crippen molar-refractivity contribution < 1.29 is 14.8 Å². The van der Waals surface area contributed by atoms with Crippen LogP contribution in [-0.4, -0.2) is 52.1 Å². The molecule has 0 unspecified atom stereocenters. The van der Waals surface area contributed by atoms with Gasteiger partial charge in [0.1, 0.15) is 23.9 Å². The number of phenolic OH excluding ortho intramolecular Hbond substituents is 1. The number of hydrogen-bond acceptors (Lipinski definition) is 10. The predicted molar refractivity (Wildman–Crippen MR) is 119 cm³/mol. The third-order valence-corrected chi connectivity index (χ3v) is 4.29. The zero-order chi connectivity index (χ0) is 23.1. The Balaban J connectivity index is 1.89. The van der Waals surface area contributed by atoms with Crippen molar-refractivity contribution in [1.29, 1.82) is 5.26 Å². The van der Waals surface area contributed by atoms with Gasteiger partial charge in [-0.25, -0.2) is 4.98 Å². The molecule has 0 fully saturated rings. The van der Waals surface area contributed by atoms with E-state index in [2.05, 4.69) is 20.6 Å². The van der Waals surface area contributed by atoms with Crippen molar-refractivity contribution >= 4 is 28.8 Å². The van der Waals surface area contributed by atoms with Crippen molar-refractivity contribution in [3.05, 3.63) is 64.3 Å². The van der Waals surface area contributed by atoms with E-state index in [0.717, 1.165) is 0 Å². The number of hydrogen-bond donors (Lipinski definition) is 3. The van der Waals surface area contributed by atoms with E-state index >= 15 is 0 Å². The molecule has 3 aromatic rings. The van der Waals surface area contributed by atoms with Gasteiger partial charge in [-0.3, -0.25) is 10.1 Å². The van der Waals surface area contributed by atoms with Gasteiger partial charge in [-0.05, 0) is 38.4 Å². The fraction of sp³-hybridized carbons (Fsp3) is 0.190. The van der Waals surface area contributed by atoms with E-state index in [-0.39, 0.29) is 35.4 Å². The highest BCUT2D eigenvalue weighted by Gasteiger charge is 2.25. The molecule has 0 saturated carbocycles. The van der Waals surface area contributed by atoms with E-state index in [0.29, 0.717) is 12.2 Å². The molecular weight excluding hydrogens is 414 g/mol. The van der Waals surface area contributed by atoms with Crippen LogP contribution in [0.1, 0.15) is 5.56 Å². The van der Waals surface area contributed by atoms with Crippen LogP contribution in [-0.2, 0) is 0 Å². The molecule has 0 spiro atoms. The molecule has 0 aliphatic carbocycles. The summed E-state index contributed by atoms with van der Waals surface area (Å²) in [4.78, 5) is 21.1. The number of para-hydroxylation sites is 1. The zero-order valence-electron chi connectivity index (χ0n) is 17.4. The molecule has 0 atom stereocenters. The van der Waals surface area contributed by atoms with Crippen molar-refractivity contribution in [3.63, 3.8) is 0 Å². The molecule has 0 aliphatic rings. The number of likely N-dealkylation sites (N-methyl/N-ethyl adjacent to an activating group) is 1. The van der Waals surface area contributed by atoms with Gasteiger partial charge in [0, 0.05) is 12.2 Å². The Labute approximate surface area is 184 Å². The number of nitro groups is 1. The molecule has 164 valence electrons. The summed E-state index contributed by atoms with van der Waals surface area (Å²) >= 11 is 0. The second kappa shape index (κ2) is 10.1. The van der Waals surface area contributed by atoms with Crippen molar-refractivity contribution in [3.8, 4) is 17.6 Å². The lowest BCUT2D eigenvalue weighted by molar-refractivity contribution is -0.385. The van der Waals surface area contributed by atoms with Gasteiger partial charge in [-0.1, -0.05) is 18.2 Å². The van der Waals surface area contributed by atoms with Gasteiger partial charge in [0.25, 0.3) is 0 Å². The summed E-state index contributed by atoms with van der Waals surface area (Å²) < 4.78 is 5.46. The number of nitro benzene ring substituents is 1. The average Bonchev–Trinajstić information content (AvgIpc) is 2.76. The fourth-order valence-corrected chi connectivity index (χ4v) is 2.70. The Hall–Kier alpha value is -4.43. The summed E-state index contributed by atoms with van der Waals surface area (Å²) in [6, 6.07) is 13.9. The van der Waals surface area contributed by atoms with Crippen LogP contribution in [0.15, 0.2) is 48.7 Å². The van der Waals surface area contributed by atoms with Crippen LogP contribution in [0.3, 0.4) is 0 Å². The molecule has 2 aromatic carbocycles. The summed E-state index contributed by atoms with van der Waals surface area (Å²) in [5, 5.41) is 37.1. The minimum Gasteiger partial charge on any atom is -0.499 e. The predicted octanol–water partition coefficient (Wildman–Crippen LogP) is 3.39. The molecule has 0 aliphatic heterocycles. The smallest absolute Gasteiger partial charge is 0.337 e. The molecule has 0 bridgehead atoms. The maximum Gasteiger partial charge on any atom is 0.337 e. The quantitative estimate of drug-likeness (QED) is 0.337. The highest BCUT2D eigenvalue weighted by atomic mass is 16.6. The first-order chi connectivity index (χ1) is 15.4. The molecular formula is C21H21N7O4. The SMILES string of the molecule is CN(C)CCOc1ccc(Nc2ncc(C#N)c(Nc3ccccc3)n2)c([N+](=O)[O-])c1O. The Bertz CT molecular complexity index is 1150. The highest BCUT2D eigenvalue weighted by molar-refractivity contribution is 5.75. The maximum atomic E-state index is 11.6. The van der Waals surface area contributed by atoms with Gasteiger partial charge >= 0.3 is 5.69 Å². The number of aromatic nitrogens is 2. The number of benzene rings is 2. The van der Waals surface area contributed by atoms with E-state index in [4.69, 9.17) is 4.74 Å². The Kier molecular flexibility index (Phi) is 6.99.